The maximum Gasteiger partial charge on any atom is 0.188 e. The Labute approximate surface area is 166 Å². The number of aliphatic imine (C=N–C) groups is 1. The van der Waals surface area contributed by atoms with Crippen molar-refractivity contribution in [3.8, 4) is 0 Å². The van der Waals surface area contributed by atoms with Crippen molar-refractivity contribution in [2.45, 2.75) is 13.0 Å². The van der Waals surface area contributed by atoms with E-state index < -0.39 is 0 Å². The van der Waals surface area contributed by atoms with Crippen molar-refractivity contribution in [1.82, 2.24) is 10.2 Å². The largest absolute Gasteiger partial charge is 0.379 e. The number of guanidine groups is 1. The molecule has 0 saturated carbocycles. The molecule has 0 radical (unpaired) electrons. The molecule has 0 amide bonds. The molecule has 3 N–H and O–H groups in total. The Morgan fingerprint density at radius 3 is 2.68 bits per heavy atom. The van der Waals surface area contributed by atoms with Gasteiger partial charge in [0.05, 0.1) is 19.8 Å². The first-order valence-corrected chi connectivity index (χ1v) is 8.63. The lowest BCUT2D eigenvalue weighted by atomic mass is 10.1. The number of nitrogens with one attached hydrogen (secondary N) is 1. The van der Waals surface area contributed by atoms with Crippen molar-refractivity contribution in [2.75, 3.05) is 39.4 Å². The van der Waals surface area contributed by atoms with Crippen LogP contribution in [0.15, 0.2) is 47.5 Å². The minimum Gasteiger partial charge on any atom is -0.379 e. The van der Waals surface area contributed by atoms with E-state index in [1.165, 1.54) is 16.3 Å². The number of nitrogens with two attached hydrogens (primary N) is 1. The number of halogens is 1. The normalized spacial score (nSPS) is 15.8. The first-order valence-electron chi connectivity index (χ1n) is 8.63. The van der Waals surface area contributed by atoms with Gasteiger partial charge >= 0.3 is 0 Å². The molecule has 1 aliphatic heterocycles. The van der Waals surface area contributed by atoms with Gasteiger partial charge in [0.25, 0.3) is 0 Å². The molecule has 0 unspecified atom stereocenters. The summed E-state index contributed by atoms with van der Waals surface area (Å²) in [6, 6.07) is 14.8. The number of benzene rings is 2. The van der Waals surface area contributed by atoms with Gasteiger partial charge in [0.15, 0.2) is 5.96 Å². The third-order valence-electron chi connectivity index (χ3n) is 4.31. The minimum absolute atomic E-state index is 0. The van der Waals surface area contributed by atoms with Gasteiger partial charge in [-0.05, 0) is 35.4 Å². The molecule has 25 heavy (non-hydrogen) atoms. The van der Waals surface area contributed by atoms with Gasteiger partial charge in [-0.25, -0.2) is 4.99 Å². The van der Waals surface area contributed by atoms with Gasteiger partial charge in [0.1, 0.15) is 0 Å². The van der Waals surface area contributed by atoms with E-state index in [1.54, 1.807) is 0 Å². The number of morpholine rings is 1. The predicted octanol–water partition coefficient (Wildman–Crippen LogP) is 2.58. The van der Waals surface area contributed by atoms with Crippen LogP contribution < -0.4 is 11.1 Å². The Balaban J connectivity index is 0.00000225. The predicted molar refractivity (Wildman–Crippen MR) is 115 cm³/mol. The number of fused-ring (bicyclic) bond motifs is 1. The van der Waals surface area contributed by atoms with Crippen LogP contribution in [0.2, 0.25) is 0 Å². The molecular weight excluding hydrogens is 427 g/mol. The molecule has 5 nitrogen and oxygen atoms in total. The number of ether oxygens (including phenoxy) is 1. The third kappa shape index (κ3) is 6.45. The highest BCUT2D eigenvalue weighted by molar-refractivity contribution is 14.0. The van der Waals surface area contributed by atoms with Gasteiger partial charge in [-0.2, -0.15) is 0 Å². The summed E-state index contributed by atoms with van der Waals surface area (Å²) in [7, 11) is 0. The lowest BCUT2D eigenvalue weighted by molar-refractivity contribution is 0.0376. The summed E-state index contributed by atoms with van der Waals surface area (Å²) >= 11 is 0. The van der Waals surface area contributed by atoms with Gasteiger partial charge in [0.2, 0.25) is 0 Å². The molecule has 1 fully saturated rings. The maximum atomic E-state index is 5.96. The highest BCUT2D eigenvalue weighted by Crippen LogP contribution is 2.16. The van der Waals surface area contributed by atoms with Crippen LogP contribution in [0.3, 0.4) is 0 Å². The molecule has 0 atom stereocenters. The van der Waals surface area contributed by atoms with E-state index in [0.717, 1.165) is 45.8 Å². The van der Waals surface area contributed by atoms with E-state index in [9.17, 15) is 0 Å². The van der Waals surface area contributed by atoms with Gasteiger partial charge in [-0.15, -0.1) is 24.0 Å². The summed E-state index contributed by atoms with van der Waals surface area (Å²) in [5.74, 6) is 0.519. The average Bonchev–Trinajstić information content (AvgIpc) is 2.64. The second kappa shape index (κ2) is 10.6. The fraction of sp³-hybridized carbons (Fsp3) is 0.421. The Bertz CT molecular complexity index is 686. The van der Waals surface area contributed by atoms with Crippen LogP contribution in [-0.2, 0) is 11.3 Å². The van der Waals surface area contributed by atoms with Crippen LogP contribution in [0.4, 0.5) is 0 Å². The lowest BCUT2D eigenvalue weighted by Crippen LogP contribution is -2.39. The van der Waals surface area contributed by atoms with Gasteiger partial charge < -0.3 is 15.8 Å². The topological polar surface area (TPSA) is 62.9 Å². The summed E-state index contributed by atoms with van der Waals surface area (Å²) in [6.07, 6.45) is 1.06. The van der Waals surface area contributed by atoms with Crippen molar-refractivity contribution < 1.29 is 4.74 Å². The molecule has 0 aliphatic carbocycles. The standard InChI is InChI=1S/C19H26N4O.HI/c20-19(21-8-3-9-23-10-12-24-13-11-23)22-15-16-6-7-17-4-1-2-5-18(17)14-16;/h1-2,4-7,14H,3,8-13,15H2,(H3,20,21,22);1H. The van der Waals surface area contributed by atoms with Crippen molar-refractivity contribution in [3.63, 3.8) is 0 Å². The molecule has 0 aromatic heterocycles. The molecule has 1 saturated heterocycles. The summed E-state index contributed by atoms with van der Waals surface area (Å²) in [5.41, 5.74) is 7.13. The quantitative estimate of drug-likeness (QED) is 0.305. The highest BCUT2D eigenvalue weighted by Gasteiger charge is 2.08. The van der Waals surface area contributed by atoms with E-state index in [4.69, 9.17) is 10.5 Å². The van der Waals surface area contributed by atoms with Crippen molar-refractivity contribution in [2.24, 2.45) is 10.7 Å². The molecule has 136 valence electrons. The van der Waals surface area contributed by atoms with Gasteiger partial charge in [-0.1, -0.05) is 36.4 Å². The average molecular weight is 454 g/mol. The molecule has 1 aliphatic rings. The molecule has 2 aromatic carbocycles. The third-order valence-corrected chi connectivity index (χ3v) is 4.31. The number of hydrogen-bond donors (Lipinski definition) is 2. The monoisotopic (exact) mass is 454 g/mol. The Morgan fingerprint density at radius 2 is 1.88 bits per heavy atom. The van der Waals surface area contributed by atoms with Crippen molar-refractivity contribution in [3.05, 3.63) is 48.0 Å². The fourth-order valence-electron chi connectivity index (χ4n) is 2.91. The Hall–Kier alpha value is -1.38. The first kappa shape index (κ1) is 19.9. The molecule has 2 aromatic rings. The molecular formula is C19H27IN4O. The Morgan fingerprint density at radius 1 is 1.12 bits per heavy atom. The first-order chi connectivity index (χ1) is 11.8. The van der Waals surface area contributed by atoms with Crippen LogP contribution in [0, 0.1) is 0 Å². The van der Waals surface area contributed by atoms with E-state index in [0.29, 0.717) is 12.5 Å². The smallest absolute Gasteiger partial charge is 0.188 e. The molecule has 1 heterocycles. The van der Waals surface area contributed by atoms with Crippen molar-refractivity contribution in [1.29, 1.82) is 0 Å². The number of rotatable bonds is 6. The van der Waals surface area contributed by atoms with Gasteiger partial charge in [-0.3, -0.25) is 4.90 Å². The molecule has 6 heteroatoms. The van der Waals surface area contributed by atoms with Gasteiger partial charge in [0, 0.05) is 19.6 Å². The SMILES string of the molecule is I.NC(=NCc1ccc2ccccc2c1)NCCCN1CCOCC1. The molecule has 0 bridgehead atoms. The Kier molecular flexibility index (Phi) is 8.43. The lowest BCUT2D eigenvalue weighted by Gasteiger charge is -2.26. The molecule has 3 rings (SSSR count). The second-order valence-electron chi connectivity index (χ2n) is 6.12. The fourth-order valence-corrected chi connectivity index (χ4v) is 2.91. The molecule has 0 spiro atoms. The van der Waals surface area contributed by atoms with Crippen molar-refractivity contribution >= 4 is 40.7 Å². The maximum absolute atomic E-state index is 5.96. The van der Waals surface area contributed by atoms with Crippen LogP contribution in [-0.4, -0.2) is 50.3 Å². The van der Waals surface area contributed by atoms with E-state index in [1.807, 2.05) is 0 Å². The van der Waals surface area contributed by atoms with E-state index in [2.05, 4.69) is 57.7 Å². The van der Waals surface area contributed by atoms with Crippen LogP contribution >= 0.6 is 24.0 Å². The number of nitrogens with zero attached hydrogens (tertiary/aromatic N) is 2. The second-order valence-corrected chi connectivity index (χ2v) is 6.12. The summed E-state index contributed by atoms with van der Waals surface area (Å²) in [6.45, 7) is 6.30. The summed E-state index contributed by atoms with van der Waals surface area (Å²) in [4.78, 5) is 6.86. The highest BCUT2D eigenvalue weighted by atomic mass is 127. The summed E-state index contributed by atoms with van der Waals surface area (Å²) in [5, 5.41) is 5.69. The minimum atomic E-state index is 0. The number of hydrogen-bond acceptors (Lipinski definition) is 3. The zero-order chi connectivity index (χ0) is 16.6. The zero-order valence-corrected chi connectivity index (χ0v) is 16.8. The zero-order valence-electron chi connectivity index (χ0n) is 14.5. The van der Waals surface area contributed by atoms with Crippen LogP contribution in [0.5, 0.6) is 0 Å². The van der Waals surface area contributed by atoms with Crippen LogP contribution in [0.1, 0.15) is 12.0 Å². The van der Waals surface area contributed by atoms with Crippen LogP contribution in [0.25, 0.3) is 10.8 Å². The summed E-state index contributed by atoms with van der Waals surface area (Å²) < 4.78 is 5.35. The van der Waals surface area contributed by atoms with E-state index >= 15 is 0 Å². The van der Waals surface area contributed by atoms with E-state index in [-0.39, 0.29) is 24.0 Å².